The zero-order chi connectivity index (χ0) is 14.5. The number of aromatic nitrogens is 2. The molecular formula is C15H21ClN2OS. The summed E-state index contributed by atoms with van der Waals surface area (Å²) in [5.74, 6) is 4.72. The van der Waals surface area contributed by atoms with E-state index in [0.717, 1.165) is 40.5 Å². The van der Waals surface area contributed by atoms with Gasteiger partial charge in [0.25, 0.3) is 0 Å². The van der Waals surface area contributed by atoms with Crippen LogP contribution < -0.4 is 4.74 Å². The summed E-state index contributed by atoms with van der Waals surface area (Å²) in [5, 5.41) is 0. The SMILES string of the molecule is CCSCC(C)n1c(CCCl)nc2cc(OC)ccc21. The van der Waals surface area contributed by atoms with Gasteiger partial charge < -0.3 is 9.30 Å². The van der Waals surface area contributed by atoms with Crippen molar-refractivity contribution in [3.8, 4) is 5.75 Å². The van der Waals surface area contributed by atoms with Crippen LogP contribution in [0, 0.1) is 0 Å². The van der Waals surface area contributed by atoms with Crippen molar-refractivity contribution in [1.29, 1.82) is 0 Å². The maximum atomic E-state index is 5.92. The number of rotatable bonds is 7. The van der Waals surface area contributed by atoms with Crippen molar-refractivity contribution in [1.82, 2.24) is 9.55 Å². The maximum Gasteiger partial charge on any atom is 0.121 e. The Morgan fingerprint density at radius 3 is 2.90 bits per heavy atom. The topological polar surface area (TPSA) is 27.1 Å². The lowest BCUT2D eigenvalue weighted by Gasteiger charge is -2.17. The van der Waals surface area contributed by atoms with Crippen LogP contribution in [0.25, 0.3) is 11.0 Å². The summed E-state index contributed by atoms with van der Waals surface area (Å²) >= 11 is 7.87. The molecule has 5 heteroatoms. The minimum Gasteiger partial charge on any atom is -0.497 e. The highest BCUT2D eigenvalue weighted by Crippen LogP contribution is 2.27. The molecule has 20 heavy (non-hydrogen) atoms. The molecule has 0 aliphatic carbocycles. The summed E-state index contributed by atoms with van der Waals surface area (Å²) in [6.07, 6.45) is 0.791. The summed E-state index contributed by atoms with van der Waals surface area (Å²) in [4.78, 5) is 4.73. The first-order valence-corrected chi connectivity index (χ1v) is 8.58. The molecule has 0 radical (unpaired) electrons. The Morgan fingerprint density at radius 1 is 1.45 bits per heavy atom. The van der Waals surface area contributed by atoms with Crippen molar-refractivity contribution in [2.45, 2.75) is 26.3 Å². The van der Waals surface area contributed by atoms with Gasteiger partial charge in [0.2, 0.25) is 0 Å². The number of methoxy groups -OCH3 is 1. The molecule has 2 aromatic rings. The molecule has 0 saturated heterocycles. The van der Waals surface area contributed by atoms with Gasteiger partial charge in [-0.05, 0) is 24.8 Å². The molecule has 0 N–H and O–H groups in total. The van der Waals surface area contributed by atoms with Crippen LogP contribution in [0.2, 0.25) is 0 Å². The highest BCUT2D eigenvalue weighted by molar-refractivity contribution is 7.99. The van der Waals surface area contributed by atoms with Crippen LogP contribution in [-0.4, -0.2) is 34.0 Å². The number of fused-ring (bicyclic) bond motifs is 1. The van der Waals surface area contributed by atoms with E-state index in [-0.39, 0.29) is 0 Å². The van der Waals surface area contributed by atoms with Gasteiger partial charge in [-0.2, -0.15) is 11.8 Å². The second-order valence-corrected chi connectivity index (χ2v) is 6.40. The smallest absolute Gasteiger partial charge is 0.121 e. The largest absolute Gasteiger partial charge is 0.497 e. The Morgan fingerprint density at radius 2 is 2.25 bits per heavy atom. The summed E-state index contributed by atoms with van der Waals surface area (Å²) in [7, 11) is 1.68. The number of imidazole rings is 1. The zero-order valence-corrected chi connectivity index (χ0v) is 13.8. The molecule has 0 bridgehead atoms. The zero-order valence-electron chi connectivity index (χ0n) is 12.2. The quantitative estimate of drug-likeness (QED) is 0.719. The molecule has 0 aliphatic rings. The van der Waals surface area contributed by atoms with Gasteiger partial charge in [0.05, 0.1) is 18.1 Å². The monoisotopic (exact) mass is 312 g/mol. The second kappa shape index (κ2) is 7.23. The molecule has 2 rings (SSSR count). The lowest BCUT2D eigenvalue weighted by atomic mass is 10.2. The molecule has 110 valence electrons. The number of benzene rings is 1. The average Bonchev–Trinajstić information content (AvgIpc) is 2.82. The van der Waals surface area contributed by atoms with E-state index in [4.69, 9.17) is 21.3 Å². The third-order valence-corrected chi connectivity index (χ3v) is 4.61. The molecule has 0 saturated carbocycles. The Hall–Kier alpha value is -0.870. The van der Waals surface area contributed by atoms with Gasteiger partial charge in [0.1, 0.15) is 11.6 Å². The Balaban J connectivity index is 2.45. The summed E-state index contributed by atoms with van der Waals surface area (Å²) in [6.45, 7) is 4.43. The van der Waals surface area contributed by atoms with Gasteiger partial charge in [0, 0.05) is 30.2 Å². The van der Waals surface area contributed by atoms with Crippen LogP contribution in [0.4, 0.5) is 0 Å². The Labute approximate surface area is 129 Å². The molecule has 0 amide bonds. The van der Waals surface area contributed by atoms with Crippen molar-refractivity contribution < 1.29 is 4.74 Å². The van der Waals surface area contributed by atoms with E-state index in [1.54, 1.807) is 7.11 Å². The fourth-order valence-corrected chi connectivity index (χ4v) is 3.27. The average molecular weight is 313 g/mol. The minimum atomic E-state index is 0.413. The van der Waals surface area contributed by atoms with Crippen molar-refractivity contribution in [3.63, 3.8) is 0 Å². The van der Waals surface area contributed by atoms with E-state index in [1.165, 1.54) is 0 Å². The fourth-order valence-electron chi connectivity index (χ4n) is 2.37. The first-order chi connectivity index (χ1) is 9.71. The normalized spacial score (nSPS) is 12.8. The fraction of sp³-hybridized carbons (Fsp3) is 0.533. The molecule has 3 nitrogen and oxygen atoms in total. The van der Waals surface area contributed by atoms with E-state index in [0.29, 0.717) is 11.9 Å². The van der Waals surface area contributed by atoms with Gasteiger partial charge in [0.15, 0.2) is 0 Å². The number of hydrogen-bond donors (Lipinski definition) is 0. The van der Waals surface area contributed by atoms with Crippen LogP contribution in [0.1, 0.15) is 25.7 Å². The number of nitrogens with zero attached hydrogens (tertiary/aromatic N) is 2. The first kappa shape index (κ1) is 15.5. The maximum absolute atomic E-state index is 5.92. The summed E-state index contributed by atoms with van der Waals surface area (Å²) < 4.78 is 7.60. The predicted octanol–water partition coefficient (Wildman–Crippen LogP) is 4.14. The minimum absolute atomic E-state index is 0.413. The second-order valence-electron chi connectivity index (χ2n) is 4.70. The van der Waals surface area contributed by atoms with Crippen molar-refractivity contribution in [3.05, 3.63) is 24.0 Å². The summed E-state index contributed by atoms with van der Waals surface area (Å²) in [6, 6.07) is 6.48. The van der Waals surface area contributed by atoms with Gasteiger partial charge in [-0.1, -0.05) is 6.92 Å². The molecular weight excluding hydrogens is 292 g/mol. The molecule has 1 atom stereocenters. The lowest BCUT2D eigenvalue weighted by Crippen LogP contribution is -2.12. The Bertz CT molecular complexity index is 570. The predicted molar refractivity (Wildman–Crippen MR) is 88.4 cm³/mol. The van der Waals surface area contributed by atoms with Gasteiger partial charge in [-0.15, -0.1) is 11.6 Å². The van der Waals surface area contributed by atoms with Gasteiger partial charge in [-0.25, -0.2) is 4.98 Å². The highest BCUT2D eigenvalue weighted by atomic mass is 35.5. The summed E-state index contributed by atoms with van der Waals surface area (Å²) in [5.41, 5.74) is 2.15. The molecule has 1 aromatic carbocycles. The number of alkyl halides is 1. The van der Waals surface area contributed by atoms with Crippen LogP contribution in [0.3, 0.4) is 0 Å². The number of hydrogen-bond acceptors (Lipinski definition) is 3. The molecule has 1 heterocycles. The van der Waals surface area contributed by atoms with Gasteiger partial charge >= 0.3 is 0 Å². The molecule has 0 spiro atoms. The molecule has 0 aliphatic heterocycles. The number of halogens is 1. The molecule has 0 fully saturated rings. The van der Waals surface area contributed by atoms with Crippen molar-refractivity contribution in [2.75, 3.05) is 24.5 Å². The van der Waals surface area contributed by atoms with Crippen molar-refractivity contribution >= 4 is 34.4 Å². The number of ether oxygens (including phenoxy) is 1. The number of aryl methyl sites for hydroxylation is 1. The molecule has 1 aromatic heterocycles. The van der Waals surface area contributed by atoms with E-state index in [9.17, 15) is 0 Å². The van der Waals surface area contributed by atoms with E-state index in [1.807, 2.05) is 23.9 Å². The van der Waals surface area contributed by atoms with Crippen LogP contribution >= 0.6 is 23.4 Å². The number of thioether (sulfide) groups is 1. The lowest BCUT2D eigenvalue weighted by molar-refractivity contribution is 0.415. The van der Waals surface area contributed by atoms with E-state index >= 15 is 0 Å². The van der Waals surface area contributed by atoms with E-state index < -0.39 is 0 Å². The molecule has 1 unspecified atom stereocenters. The first-order valence-electron chi connectivity index (χ1n) is 6.89. The van der Waals surface area contributed by atoms with Crippen LogP contribution in [-0.2, 0) is 6.42 Å². The highest BCUT2D eigenvalue weighted by Gasteiger charge is 2.16. The Kier molecular flexibility index (Phi) is 5.61. The third-order valence-electron chi connectivity index (χ3n) is 3.29. The van der Waals surface area contributed by atoms with Crippen molar-refractivity contribution in [2.24, 2.45) is 0 Å². The van der Waals surface area contributed by atoms with Crippen LogP contribution in [0.15, 0.2) is 18.2 Å². The third kappa shape index (κ3) is 3.23. The van der Waals surface area contributed by atoms with Gasteiger partial charge in [-0.3, -0.25) is 0 Å². The van der Waals surface area contributed by atoms with E-state index in [2.05, 4.69) is 24.5 Å². The van der Waals surface area contributed by atoms with Crippen LogP contribution in [0.5, 0.6) is 5.75 Å². The standard InChI is InChI=1S/C15H21ClN2OS/c1-4-20-10-11(2)18-14-6-5-12(19-3)9-13(14)17-15(18)7-8-16/h5-6,9,11H,4,7-8,10H2,1-3H3.